The monoisotopic (exact) mass is 284 g/mol. The molecule has 1 aliphatic carbocycles. The Bertz CT molecular complexity index is 632. The van der Waals surface area contributed by atoms with Crippen LogP contribution < -0.4 is 10.6 Å². The van der Waals surface area contributed by atoms with Crippen molar-refractivity contribution >= 4 is 22.6 Å². The summed E-state index contributed by atoms with van der Waals surface area (Å²) < 4.78 is 0. The first-order chi connectivity index (χ1) is 10.2. The third-order valence-electron chi connectivity index (χ3n) is 3.99. The normalized spacial score (nSPS) is 16.8. The lowest BCUT2D eigenvalue weighted by atomic mass is 10.2. The van der Waals surface area contributed by atoms with Gasteiger partial charge in [0.25, 0.3) is 0 Å². The van der Waals surface area contributed by atoms with Gasteiger partial charge >= 0.3 is 0 Å². The second-order valence-electron chi connectivity index (χ2n) is 5.60. The zero-order chi connectivity index (χ0) is 14.7. The summed E-state index contributed by atoms with van der Waals surface area (Å²) in [7, 11) is 0. The molecule has 2 aromatic rings. The zero-order valence-electron chi connectivity index (χ0n) is 12.2. The number of aromatic nitrogens is 2. The van der Waals surface area contributed by atoms with Gasteiger partial charge in [-0.1, -0.05) is 25.0 Å². The number of carbonyl (C=O) groups excluding carboxylic acids is 1. The van der Waals surface area contributed by atoms with Crippen LogP contribution in [0, 0.1) is 0 Å². The molecule has 0 aliphatic heterocycles. The average Bonchev–Trinajstić information content (AvgIpc) is 3.00. The van der Waals surface area contributed by atoms with E-state index < -0.39 is 0 Å². The molecule has 110 valence electrons. The van der Waals surface area contributed by atoms with E-state index in [0.717, 1.165) is 23.7 Å². The van der Waals surface area contributed by atoms with Crippen molar-refractivity contribution in [1.29, 1.82) is 0 Å². The number of fused-ring (bicyclic) bond motifs is 1. The van der Waals surface area contributed by atoms with Crippen molar-refractivity contribution in [2.45, 2.75) is 44.7 Å². The van der Waals surface area contributed by atoms with E-state index in [2.05, 4.69) is 20.6 Å². The fraction of sp³-hybridized carbons (Fsp3) is 0.438. The molecule has 0 bridgehead atoms. The number of nitrogens with zero attached hydrogens (tertiary/aromatic N) is 2. The third-order valence-corrected chi connectivity index (χ3v) is 3.99. The summed E-state index contributed by atoms with van der Waals surface area (Å²) in [5.41, 5.74) is 0.874. The number of amides is 1. The van der Waals surface area contributed by atoms with E-state index in [1.807, 2.05) is 31.2 Å². The average molecular weight is 284 g/mol. The fourth-order valence-electron chi connectivity index (χ4n) is 2.79. The Labute approximate surface area is 124 Å². The highest BCUT2D eigenvalue weighted by Crippen LogP contribution is 2.20. The van der Waals surface area contributed by atoms with E-state index in [1.165, 1.54) is 19.2 Å². The molecule has 21 heavy (non-hydrogen) atoms. The topological polar surface area (TPSA) is 66.9 Å². The molecular formula is C16H20N4O. The Hall–Kier alpha value is -2.17. The lowest BCUT2D eigenvalue weighted by Gasteiger charge is -2.18. The molecule has 0 radical (unpaired) electrons. The molecule has 1 atom stereocenters. The smallest absolute Gasteiger partial charge is 0.242 e. The molecule has 2 N–H and O–H groups in total. The molecule has 0 saturated heterocycles. The minimum absolute atomic E-state index is 0.0320. The van der Waals surface area contributed by atoms with Crippen LogP contribution in [0.5, 0.6) is 0 Å². The van der Waals surface area contributed by atoms with Crippen LogP contribution in [0.4, 0.5) is 5.82 Å². The van der Waals surface area contributed by atoms with Crippen molar-refractivity contribution in [3.05, 3.63) is 30.6 Å². The number of nitrogens with one attached hydrogen (secondary N) is 2. The highest BCUT2D eigenvalue weighted by Gasteiger charge is 2.21. The van der Waals surface area contributed by atoms with Crippen molar-refractivity contribution in [1.82, 2.24) is 15.3 Å². The van der Waals surface area contributed by atoms with E-state index in [1.54, 1.807) is 0 Å². The molecule has 3 rings (SSSR count). The van der Waals surface area contributed by atoms with Gasteiger partial charge in [-0.05, 0) is 31.9 Å². The van der Waals surface area contributed by atoms with Gasteiger partial charge in [-0.25, -0.2) is 9.97 Å². The standard InChI is InChI=1S/C16H20N4O/c1-11(16(21)20-12-6-2-3-7-12)19-15-13-8-4-5-9-14(13)17-10-18-15/h4-5,8-12H,2-3,6-7H2,1H3,(H,20,21)(H,17,18,19). The number of para-hydroxylation sites is 1. The minimum Gasteiger partial charge on any atom is -0.358 e. The molecule has 1 fully saturated rings. The van der Waals surface area contributed by atoms with Crippen molar-refractivity contribution in [2.24, 2.45) is 0 Å². The number of carbonyl (C=O) groups is 1. The molecule has 1 saturated carbocycles. The van der Waals surface area contributed by atoms with Crippen LogP contribution >= 0.6 is 0 Å². The van der Waals surface area contributed by atoms with Gasteiger partial charge in [-0.15, -0.1) is 0 Å². The number of hydrogen-bond acceptors (Lipinski definition) is 4. The summed E-state index contributed by atoms with van der Waals surface area (Å²) in [4.78, 5) is 20.7. The quantitative estimate of drug-likeness (QED) is 0.905. The minimum atomic E-state index is -0.316. The van der Waals surface area contributed by atoms with Gasteiger partial charge in [0.1, 0.15) is 18.2 Å². The van der Waals surface area contributed by atoms with E-state index in [0.29, 0.717) is 11.9 Å². The van der Waals surface area contributed by atoms with Gasteiger partial charge in [-0.2, -0.15) is 0 Å². The second-order valence-corrected chi connectivity index (χ2v) is 5.60. The predicted molar refractivity (Wildman–Crippen MR) is 83.0 cm³/mol. The first-order valence-electron chi connectivity index (χ1n) is 7.50. The van der Waals surface area contributed by atoms with Gasteiger partial charge in [-0.3, -0.25) is 4.79 Å². The van der Waals surface area contributed by atoms with Crippen LogP contribution in [0.15, 0.2) is 30.6 Å². The van der Waals surface area contributed by atoms with Crippen molar-refractivity contribution in [3.8, 4) is 0 Å². The summed E-state index contributed by atoms with van der Waals surface area (Å²) in [6.07, 6.45) is 6.13. The van der Waals surface area contributed by atoms with Crippen LogP contribution in [-0.2, 0) is 4.79 Å². The summed E-state index contributed by atoms with van der Waals surface area (Å²) in [6, 6.07) is 7.80. The molecule has 1 aromatic heterocycles. The maximum Gasteiger partial charge on any atom is 0.242 e. The molecule has 0 spiro atoms. The van der Waals surface area contributed by atoms with Gasteiger partial charge in [0.05, 0.1) is 5.52 Å². The first-order valence-corrected chi connectivity index (χ1v) is 7.50. The Morgan fingerprint density at radius 3 is 2.81 bits per heavy atom. The van der Waals surface area contributed by atoms with Gasteiger partial charge in [0.2, 0.25) is 5.91 Å². The Kier molecular flexibility index (Phi) is 3.99. The van der Waals surface area contributed by atoms with Gasteiger partial charge in [0.15, 0.2) is 0 Å². The Morgan fingerprint density at radius 1 is 1.24 bits per heavy atom. The number of hydrogen-bond donors (Lipinski definition) is 2. The SMILES string of the molecule is CC(Nc1ncnc2ccccc12)C(=O)NC1CCCC1. The van der Waals surface area contributed by atoms with Gasteiger partial charge in [0, 0.05) is 11.4 Å². The Balaban J connectivity index is 1.70. The number of anilines is 1. The highest BCUT2D eigenvalue weighted by molar-refractivity contribution is 5.91. The van der Waals surface area contributed by atoms with Crippen molar-refractivity contribution in [3.63, 3.8) is 0 Å². The largest absolute Gasteiger partial charge is 0.358 e. The second kappa shape index (κ2) is 6.08. The van der Waals surface area contributed by atoms with Crippen molar-refractivity contribution < 1.29 is 4.79 Å². The highest BCUT2D eigenvalue weighted by atomic mass is 16.2. The third kappa shape index (κ3) is 3.12. The fourth-order valence-corrected chi connectivity index (χ4v) is 2.79. The Morgan fingerprint density at radius 2 is 2.00 bits per heavy atom. The predicted octanol–water partition coefficient (Wildman–Crippen LogP) is 2.49. The summed E-state index contributed by atoms with van der Waals surface area (Å²) in [5.74, 6) is 0.735. The van der Waals surface area contributed by atoms with Crippen LogP contribution in [0.25, 0.3) is 10.9 Å². The van der Waals surface area contributed by atoms with Crippen LogP contribution in [0.3, 0.4) is 0 Å². The van der Waals surface area contributed by atoms with Crippen LogP contribution in [0.2, 0.25) is 0 Å². The zero-order valence-corrected chi connectivity index (χ0v) is 12.2. The summed E-state index contributed by atoms with van der Waals surface area (Å²) in [5, 5.41) is 7.23. The molecule has 1 aliphatic rings. The first kappa shape index (κ1) is 13.8. The van der Waals surface area contributed by atoms with E-state index >= 15 is 0 Å². The maximum atomic E-state index is 12.2. The number of rotatable bonds is 4. The summed E-state index contributed by atoms with van der Waals surface area (Å²) >= 11 is 0. The molecular weight excluding hydrogens is 264 g/mol. The molecule has 1 unspecified atom stereocenters. The van der Waals surface area contributed by atoms with E-state index in [-0.39, 0.29) is 11.9 Å². The van der Waals surface area contributed by atoms with E-state index in [4.69, 9.17) is 0 Å². The van der Waals surface area contributed by atoms with Gasteiger partial charge < -0.3 is 10.6 Å². The maximum absolute atomic E-state index is 12.2. The number of benzene rings is 1. The van der Waals surface area contributed by atoms with E-state index in [9.17, 15) is 4.79 Å². The summed E-state index contributed by atoms with van der Waals surface area (Å²) in [6.45, 7) is 1.86. The van der Waals surface area contributed by atoms with Crippen molar-refractivity contribution in [2.75, 3.05) is 5.32 Å². The molecule has 1 aromatic carbocycles. The van der Waals surface area contributed by atoms with Crippen LogP contribution in [0.1, 0.15) is 32.6 Å². The molecule has 1 heterocycles. The molecule has 1 amide bonds. The van der Waals surface area contributed by atoms with Crippen LogP contribution in [-0.4, -0.2) is 28.0 Å². The molecule has 5 nitrogen and oxygen atoms in total. The lowest BCUT2D eigenvalue weighted by Crippen LogP contribution is -2.42. The lowest BCUT2D eigenvalue weighted by molar-refractivity contribution is -0.122. The molecule has 5 heteroatoms.